The Kier molecular flexibility index (Phi) is 10.1. The Morgan fingerprint density at radius 2 is 2.14 bits per heavy atom. The molecule has 1 heterocycles. The van der Waals surface area contributed by atoms with Crippen molar-refractivity contribution < 1.29 is 4.79 Å². The van der Waals surface area contributed by atoms with Crippen molar-refractivity contribution in [3.8, 4) is 0 Å². The summed E-state index contributed by atoms with van der Waals surface area (Å²) in [5.74, 6) is 0.112. The predicted octanol–water partition coefficient (Wildman–Crippen LogP) is 3.12. The molecular weight excluding hydrogens is 389 g/mol. The van der Waals surface area contributed by atoms with Gasteiger partial charge in [0.05, 0.1) is 5.69 Å². The van der Waals surface area contributed by atoms with Crippen LogP contribution in [0, 0.1) is 0 Å². The highest BCUT2D eigenvalue weighted by molar-refractivity contribution is 9.10. The standard InChI is InChI=1S/C15H22BrN3O.2ClH/c1-11(17)6-7-15(20)18-12-8-9-19(10-12)14-5-3-2-4-13(14)16;;/h2-5,11-12H,6-10,17H2,1H3,(H,18,20);2*1H. The van der Waals surface area contributed by atoms with E-state index in [0.29, 0.717) is 6.42 Å². The van der Waals surface area contributed by atoms with E-state index in [-0.39, 0.29) is 42.8 Å². The van der Waals surface area contributed by atoms with Gasteiger partial charge in [0, 0.05) is 36.1 Å². The van der Waals surface area contributed by atoms with Crippen LogP contribution in [0.15, 0.2) is 28.7 Å². The number of rotatable bonds is 5. The van der Waals surface area contributed by atoms with E-state index in [1.165, 1.54) is 5.69 Å². The van der Waals surface area contributed by atoms with Crippen LogP contribution in [0.5, 0.6) is 0 Å². The van der Waals surface area contributed by atoms with Crippen LogP contribution in [0.25, 0.3) is 0 Å². The van der Waals surface area contributed by atoms with Gasteiger partial charge in [-0.3, -0.25) is 4.79 Å². The number of carbonyl (C=O) groups excluding carboxylic acids is 1. The van der Waals surface area contributed by atoms with Gasteiger partial charge >= 0.3 is 0 Å². The van der Waals surface area contributed by atoms with Crippen molar-refractivity contribution >= 4 is 52.3 Å². The van der Waals surface area contributed by atoms with E-state index in [1.54, 1.807) is 0 Å². The smallest absolute Gasteiger partial charge is 0.220 e. The van der Waals surface area contributed by atoms with Crippen molar-refractivity contribution in [3.63, 3.8) is 0 Å². The molecule has 0 aromatic heterocycles. The maximum absolute atomic E-state index is 11.8. The molecule has 1 aliphatic heterocycles. The number of hydrogen-bond acceptors (Lipinski definition) is 3. The summed E-state index contributed by atoms with van der Waals surface area (Å²) >= 11 is 3.57. The molecule has 4 nitrogen and oxygen atoms in total. The normalized spacial score (nSPS) is 18.1. The molecule has 1 amide bonds. The molecule has 1 fully saturated rings. The van der Waals surface area contributed by atoms with E-state index in [1.807, 2.05) is 25.1 Å². The number of nitrogens with one attached hydrogen (secondary N) is 1. The van der Waals surface area contributed by atoms with Crippen molar-refractivity contribution in [1.29, 1.82) is 0 Å². The number of carbonyl (C=O) groups is 1. The highest BCUT2D eigenvalue weighted by Crippen LogP contribution is 2.28. The number of para-hydroxylation sites is 1. The lowest BCUT2D eigenvalue weighted by atomic mass is 10.2. The monoisotopic (exact) mass is 411 g/mol. The summed E-state index contributed by atoms with van der Waals surface area (Å²) in [7, 11) is 0. The molecule has 0 radical (unpaired) electrons. The lowest BCUT2D eigenvalue weighted by Crippen LogP contribution is -2.37. The Labute approximate surface area is 153 Å². The number of halogens is 3. The maximum atomic E-state index is 11.8. The topological polar surface area (TPSA) is 58.4 Å². The first kappa shape index (κ1) is 21.5. The summed E-state index contributed by atoms with van der Waals surface area (Å²) in [5, 5.41) is 3.10. The first-order valence-corrected chi connectivity index (χ1v) is 7.90. The van der Waals surface area contributed by atoms with Gasteiger partial charge in [0.1, 0.15) is 0 Å². The molecule has 1 saturated heterocycles. The van der Waals surface area contributed by atoms with E-state index >= 15 is 0 Å². The minimum atomic E-state index is 0. The Morgan fingerprint density at radius 3 is 2.77 bits per heavy atom. The van der Waals surface area contributed by atoms with Crippen molar-refractivity contribution in [3.05, 3.63) is 28.7 Å². The van der Waals surface area contributed by atoms with Crippen LogP contribution in [0.1, 0.15) is 26.2 Å². The molecule has 0 aliphatic carbocycles. The zero-order valence-corrected chi connectivity index (χ0v) is 15.8. The third kappa shape index (κ3) is 6.32. The molecule has 0 spiro atoms. The zero-order valence-electron chi connectivity index (χ0n) is 12.6. The maximum Gasteiger partial charge on any atom is 0.220 e. The van der Waals surface area contributed by atoms with Gasteiger partial charge in [-0.15, -0.1) is 24.8 Å². The highest BCUT2D eigenvalue weighted by atomic mass is 79.9. The van der Waals surface area contributed by atoms with E-state index < -0.39 is 0 Å². The van der Waals surface area contributed by atoms with Crippen molar-refractivity contribution in [2.45, 2.75) is 38.3 Å². The largest absolute Gasteiger partial charge is 0.368 e. The van der Waals surface area contributed by atoms with E-state index in [2.05, 4.69) is 32.2 Å². The van der Waals surface area contributed by atoms with Crippen LogP contribution < -0.4 is 16.0 Å². The fourth-order valence-electron chi connectivity index (χ4n) is 2.46. The van der Waals surface area contributed by atoms with Crippen LogP contribution in [-0.2, 0) is 4.79 Å². The Bertz CT molecular complexity index is 474. The molecule has 0 bridgehead atoms. The van der Waals surface area contributed by atoms with Crippen LogP contribution in [0.4, 0.5) is 5.69 Å². The van der Waals surface area contributed by atoms with Gasteiger partial charge in [0.15, 0.2) is 0 Å². The fraction of sp³-hybridized carbons (Fsp3) is 0.533. The Balaban J connectivity index is 0.00000220. The number of anilines is 1. The van der Waals surface area contributed by atoms with E-state index in [9.17, 15) is 4.79 Å². The van der Waals surface area contributed by atoms with E-state index in [4.69, 9.17) is 5.73 Å². The minimum Gasteiger partial charge on any atom is -0.368 e. The number of hydrogen-bond donors (Lipinski definition) is 2. The molecule has 3 N–H and O–H groups in total. The van der Waals surface area contributed by atoms with Crippen LogP contribution in [0.3, 0.4) is 0 Å². The molecule has 1 aromatic carbocycles. The van der Waals surface area contributed by atoms with Crippen molar-refractivity contribution in [2.75, 3.05) is 18.0 Å². The first-order chi connectivity index (χ1) is 9.56. The second-order valence-electron chi connectivity index (χ2n) is 5.47. The molecular formula is C15H24BrCl2N3O. The Hall–Kier alpha value is -0.490. The fourth-order valence-corrected chi connectivity index (χ4v) is 3.00. The van der Waals surface area contributed by atoms with Gasteiger partial charge < -0.3 is 16.0 Å². The van der Waals surface area contributed by atoms with Crippen LogP contribution >= 0.6 is 40.7 Å². The molecule has 2 atom stereocenters. The zero-order chi connectivity index (χ0) is 14.5. The molecule has 0 saturated carbocycles. The minimum absolute atomic E-state index is 0. The molecule has 22 heavy (non-hydrogen) atoms. The number of nitrogens with zero attached hydrogens (tertiary/aromatic N) is 1. The number of benzene rings is 1. The highest BCUT2D eigenvalue weighted by Gasteiger charge is 2.24. The molecule has 1 aliphatic rings. The van der Waals surface area contributed by atoms with Gasteiger partial charge in [-0.25, -0.2) is 0 Å². The van der Waals surface area contributed by atoms with Crippen LogP contribution in [0.2, 0.25) is 0 Å². The molecule has 1 aromatic rings. The molecule has 2 unspecified atom stereocenters. The van der Waals surface area contributed by atoms with Crippen molar-refractivity contribution in [2.24, 2.45) is 5.73 Å². The average molecular weight is 413 g/mol. The number of nitrogens with two attached hydrogens (primary N) is 1. The van der Waals surface area contributed by atoms with E-state index in [0.717, 1.165) is 30.4 Å². The molecule has 7 heteroatoms. The van der Waals surface area contributed by atoms with Gasteiger partial charge in [0.2, 0.25) is 5.91 Å². The lowest BCUT2D eigenvalue weighted by molar-refractivity contribution is -0.121. The Morgan fingerprint density at radius 1 is 1.45 bits per heavy atom. The predicted molar refractivity (Wildman–Crippen MR) is 100 cm³/mol. The lowest BCUT2D eigenvalue weighted by Gasteiger charge is -2.20. The average Bonchev–Trinajstić information content (AvgIpc) is 2.85. The van der Waals surface area contributed by atoms with Crippen molar-refractivity contribution in [1.82, 2.24) is 5.32 Å². The summed E-state index contributed by atoms with van der Waals surface area (Å²) < 4.78 is 1.10. The first-order valence-electron chi connectivity index (χ1n) is 7.10. The summed E-state index contributed by atoms with van der Waals surface area (Å²) in [5.41, 5.74) is 6.86. The van der Waals surface area contributed by atoms with Crippen LogP contribution in [-0.4, -0.2) is 31.1 Å². The van der Waals surface area contributed by atoms with Gasteiger partial charge in [-0.2, -0.15) is 0 Å². The van der Waals surface area contributed by atoms with Gasteiger partial charge in [-0.05, 0) is 47.8 Å². The quantitative estimate of drug-likeness (QED) is 0.780. The molecule has 2 rings (SSSR count). The third-order valence-electron chi connectivity index (χ3n) is 3.57. The summed E-state index contributed by atoms with van der Waals surface area (Å²) in [4.78, 5) is 14.1. The summed E-state index contributed by atoms with van der Waals surface area (Å²) in [6.45, 7) is 3.77. The SMILES string of the molecule is CC(N)CCC(=O)NC1CCN(c2ccccc2Br)C1.Cl.Cl. The second kappa shape index (κ2) is 10.3. The van der Waals surface area contributed by atoms with Gasteiger partial charge in [-0.1, -0.05) is 12.1 Å². The molecule has 126 valence electrons. The van der Waals surface area contributed by atoms with Gasteiger partial charge in [0.25, 0.3) is 0 Å². The number of amides is 1. The summed E-state index contributed by atoms with van der Waals surface area (Å²) in [6.07, 6.45) is 2.25. The summed E-state index contributed by atoms with van der Waals surface area (Å²) in [6, 6.07) is 8.52. The second-order valence-corrected chi connectivity index (χ2v) is 6.32. The third-order valence-corrected chi connectivity index (χ3v) is 4.24.